The van der Waals surface area contributed by atoms with Crippen LogP contribution < -0.4 is 0 Å². The fraction of sp³-hybridized carbons (Fsp3) is 0.333. The number of benzene rings is 1. The van der Waals surface area contributed by atoms with Crippen LogP contribution >= 0.6 is 0 Å². The summed E-state index contributed by atoms with van der Waals surface area (Å²) in [6.45, 7) is 6.04. The molecule has 0 spiro atoms. The first kappa shape index (κ1) is 14.6. The second-order valence-corrected chi connectivity index (χ2v) is 5.47. The Kier molecular flexibility index (Phi) is 4.37. The van der Waals surface area contributed by atoms with E-state index in [0.717, 1.165) is 37.6 Å². The van der Waals surface area contributed by atoms with Crippen molar-refractivity contribution in [3.8, 4) is 0 Å². The highest BCUT2D eigenvalue weighted by Gasteiger charge is 2.03. The molecule has 0 saturated carbocycles. The molecular weight excluding hydrogens is 272 g/mol. The molecule has 3 rings (SSSR count). The first-order valence-corrected chi connectivity index (χ1v) is 7.88. The second kappa shape index (κ2) is 6.60. The lowest BCUT2D eigenvalue weighted by atomic mass is 10.1. The topological polar surface area (TPSA) is 35.6 Å². The van der Waals surface area contributed by atoms with Crippen LogP contribution in [0.2, 0.25) is 0 Å². The fourth-order valence-corrected chi connectivity index (χ4v) is 2.74. The first-order chi connectivity index (χ1) is 10.8. The summed E-state index contributed by atoms with van der Waals surface area (Å²) in [4.78, 5) is 8.74. The summed E-state index contributed by atoms with van der Waals surface area (Å²) < 4.78 is 4.42. The Bertz CT molecular complexity index is 658. The number of nitrogens with zero attached hydrogens (tertiary/aromatic N) is 4. The van der Waals surface area contributed by atoms with Gasteiger partial charge in [0.2, 0.25) is 0 Å². The van der Waals surface area contributed by atoms with Gasteiger partial charge >= 0.3 is 0 Å². The van der Waals surface area contributed by atoms with Crippen LogP contribution in [0.15, 0.2) is 49.1 Å². The number of imidazole rings is 2. The maximum atomic E-state index is 4.37. The summed E-state index contributed by atoms with van der Waals surface area (Å²) in [5, 5.41) is 0. The number of rotatable bonds is 6. The van der Waals surface area contributed by atoms with Gasteiger partial charge in [0.25, 0.3) is 0 Å². The van der Waals surface area contributed by atoms with Crippen LogP contribution in [0.1, 0.15) is 36.6 Å². The summed E-state index contributed by atoms with van der Waals surface area (Å²) >= 11 is 0. The Balaban J connectivity index is 1.70. The molecule has 0 atom stereocenters. The second-order valence-electron chi connectivity index (χ2n) is 5.47. The number of aromatic nitrogens is 4. The molecule has 2 aromatic heterocycles. The third-order valence-corrected chi connectivity index (χ3v) is 3.96. The molecule has 0 aliphatic rings. The predicted molar refractivity (Wildman–Crippen MR) is 87.9 cm³/mol. The molecule has 0 unspecified atom stereocenters. The molecule has 0 fully saturated rings. The van der Waals surface area contributed by atoms with Crippen LogP contribution in [0, 0.1) is 0 Å². The van der Waals surface area contributed by atoms with Gasteiger partial charge in [-0.25, -0.2) is 9.97 Å². The molecule has 114 valence electrons. The SMILES string of the molecule is CCc1nccn1Cc1ccc(Cn2ccnc2CC)cc1. The average Bonchev–Trinajstić information content (AvgIpc) is 3.17. The molecule has 0 aliphatic carbocycles. The first-order valence-electron chi connectivity index (χ1n) is 7.88. The van der Waals surface area contributed by atoms with Crippen LogP contribution in [-0.2, 0) is 25.9 Å². The van der Waals surface area contributed by atoms with Gasteiger partial charge in [0.15, 0.2) is 0 Å². The Morgan fingerprint density at radius 1 is 0.727 bits per heavy atom. The van der Waals surface area contributed by atoms with E-state index in [2.05, 4.69) is 57.2 Å². The Morgan fingerprint density at radius 3 is 1.50 bits per heavy atom. The van der Waals surface area contributed by atoms with Crippen molar-refractivity contribution < 1.29 is 0 Å². The molecule has 0 amide bonds. The summed E-state index contributed by atoms with van der Waals surface area (Å²) in [5.41, 5.74) is 2.61. The highest BCUT2D eigenvalue weighted by Crippen LogP contribution is 2.11. The van der Waals surface area contributed by atoms with Crippen molar-refractivity contribution in [2.75, 3.05) is 0 Å². The number of hydrogen-bond donors (Lipinski definition) is 0. The van der Waals surface area contributed by atoms with Crippen molar-refractivity contribution in [1.29, 1.82) is 0 Å². The van der Waals surface area contributed by atoms with E-state index in [0.29, 0.717) is 0 Å². The quantitative estimate of drug-likeness (QED) is 0.699. The van der Waals surface area contributed by atoms with Crippen molar-refractivity contribution in [3.63, 3.8) is 0 Å². The van der Waals surface area contributed by atoms with E-state index in [4.69, 9.17) is 0 Å². The van der Waals surface area contributed by atoms with Crippen molar-refractivity contribution in [1.82, 2.24) is 19.1 Å². The highest BCUT2D eigenvalue weighted by molar-refractivity contribution is 5.23. The molecule has 0 saturated heterocycles. The minimum atomic E-state index is 0.884. The average molecular weight is 294 g/mol. The van der Waals surface area contributed by atoms with Crippen molar-refractivity contribution >= 4 is 0 Å². The van der Waals surface area contributed by atoms with Gasteiger partial charge < -0.3 is 9.13 Å². The molecular formula is C18H22N4. The molecule has 0 radical (unpaired) electrons. The molecule has 0 N–H and O–H groups in total. The zero-order valence-electron chi connectivity index (χ0n) is 13.2. The predicted octanol–water partition coefficient (Wildman–Crippen LogP) is 3.30. The van der Waals surface area contributed by atoms with E-state index in [1.165, 1.54) is 11.1 Å². The van der Waals surface area contributed by atoms with Crippen LogP contribution in [0.3, 0.4) is 0 Å². The lowest BCUT2D eigenvalue weighted by molar-refractivity contribution is 0.724. The lowest BCUT2D eigenvalue weighted by Gasteiger charge is -2.09. The van der Waals surface area contributed by atoms with Crippen molar-refractivity contribution in [2.24, 2.45) is 0 Å². The zero-order chi connectivity index (χ0) is 15.4. The molecule has 22 heavy (non-hydrogen) atoms. The normalized spacial score (nSPS) is 11.0. The largest absolute Gasteiger partial charge is 0.331 e. The third-order valence-electron chi connectivity index (χ3n) is 3.96. The minimum Gasteiger partial charge on any atom is -0.331 e. The molecule has 4 heteroatoms. The molecule has 1 aromatic carbocycles. The summed E-state index contributed by atoms with van der Waals surface area (Å²) in [5.74, 6) is 2.27. The van der Waals surface area contributed by atoms with Crippen molar-refractivity contribution in [2.45, 2.75) is 39.8 Å². The van der Waals surface area contributed by atoms with Gasteiger partial charge in [0.1, 0.15) is 11.6 Å². The molecule has 0 bridgehead atoms. The standard InChI is InChI=1S/C18H22N4/c1-3-17-19-9-11-21(17)13-15-5-7-16(8-6-15)14-22-12-10-20-18(22)4-2/h5-12H,3-4,13-14H2,1-2H3. The van der Waals surface area contributed by atoms with E-state index < -0.39 is 0 Å². The molecule has 2 heterocycles. The van der Waals surface area contributed by atoms with Crippen LogP contribution in [0.5, 0.6) is 0 Å². The highest BCUT2D eigenvalue weighted by atomic mass is 15.1. The Morgan fingerprint density at radius 2 is 1.14 bits per heavy atom. The summed E-state index contributed by atoms with van der Waals surface area (Å²) in [6.07, 6.45) is 9.77. The van der Waals surface area contributed by atoms with Crippen molar-refractivity contribution in [3.05, 3.63) is 71.8 Å². The summed E-state index contributed by atoms with van der Waals surface area (Å²) in [6, 6.07) is 8.82. The van der Waals surface area contributed by atoms with Crippen LogP contribution in [0.25, 0.3) is 0 Å². The molecule has 0 aliphatic heterocycles. The van der Waals surface area contributed by atoms with E-state index in [1.807, 2.05) is 24.8 Å². The van der Waals surface area contributed by atoms with Gasteiger partial charge in [-0.15, -0.1) is 0 Å². The van der Waals surface area contributed by atoms with Gasteiger partial charge in [0.05, 0.1) is 0 Å². The fourth-order valence-electron chi connectivity index (χ4n) is 2.74. The number of hydrogen-bond acceptors (Lipinski definition) is 2. The molecule has 3 aromatic rings. The minimum absolute atomic E-state index is 0.884. The smallest absolute Gasteiger partial charge is 0.108 e. The van der Waals surface area contributed by atoms with Gasteiger partial charge in [0, 0.05) is 50.7 Å². The lowest BCUT2D eigenvalue weighted by Crippen LogP contribution is -2.05. The van der Waals surface area contributed by atoms with E-state index in [1.54, 1.807) is 0 Å². The zero-order valence-corrected chi connectivity index (χ0v) is 13.2. The van der Waals surface area contributed by atoms with E-state index in [9.17, 15) is 0 Å². The molecule has 4 nitrogen and oxygen atoms in total. The van der Waals surface area contributed by atoms with Gasteiger partial charge in [-0.3, -0.25) is 0 Å². The third kappa shape index (κ3) is 3.11. The monoisotopic (exact) mass is 294 g/mol. The van der Waals surface area contributed by atoms with Crippen LogP contribution in [0.4, 0.5) is 0 Å². The Labute approximate surface area is 131 Å². The Hall–Kier alpha value is -2.36. The van der Waals surface area contributed by atoms with Gasteiger partial charge in [-0.1, -0.05) is 38.1 Å². The maximum Gasteiger partial charge on any atom is 0.108 e. The maximum absolute atomic E-state index is 4.37. The van der Waals surface area contributed by atoms with Crippen LogP contribution in [-0.4, -0.2) is 19.1 Å². The van der Waals surface area contributed by atoms with Gasteiger partial charge in [-0.05, 0) is 11.1 Å². The van der Waals surface area contributed by atoms with E-state index in [-0.39, 0.29) is 0 Å². The summed E-state index contributed by atoms with van der Waals surface area (Å²) in [7, 11) is 0. The van der Waals surface area contributed by atoms with Gasteiger partial charge in [-0.2, -0.15) is 0 Å². The van der Waals surface area contributed by atoms with E-state index >= 15 is 0 Å². The number of aryl methyl sites for hydroxylation is 2.